The number of aryl methyl sites for hydroxylation is 1. The highest BCUT2D eigenvalue weighted by Gasteiger charge is 2.37. The molecule has 4 rings (SSSR count). The predicted octanol–water partition coefficient (Wildman–Crippen LogP) is 3.44. The van der Waals surface area contributed by atoms with E-state index in [0.717, 1.165) is 34.9 Å². The van der Waals surface area contributed by atoms with Gasteiger partial charge in [-0.15, -0.1) is 11.3 Å². The van der Waals surface area contributed by atoms with Crippen molar-refractivity contribution in [1.29, 1.82) is 0 Å². The van der Waals surface area contributed by atoms with Gasteiger partial charge in [-0.25, -0.2) is 4.98 Å². The van der Waals surface area contributed by atoms with Crippen LogP contribution in [0.1, 0.15) is 30.3 Å². The van der Waals surface area contributed by atoms with E-state index < -0.39 is 0 Å². The molecule has 1 saturated heterocycles. The Hall–Kier alpha value is -2.55. The van der Waals surface area contributed by atoms with Crippen molar-refractivity contribution < 1.29 is 14.3 Å². The number of carbonyl (C=O) groups excluding carboxylic acids is 1. The lowest BCUT2D eigenvalue weighted by atomic mass is 9.98. The number of nitrogens with zero attached hydrogens (tertiary/aromatic N) is 3. The summed E-state index contributed by atoms with van der Waals surface area (Å²) in [5.74, 6) is -0.230. The van der Waals surface area contributed by atoms with Crippen LogP contribution >= 0.6 is 11.3 Å². The van der Waals surface area contributed by atoms with Gasteiger partial charge in [0.25, 0.3) is 0 Å². The molecule has 1 fully saturated rings. The first kappa shape index (κ1) is 20.7. The summed E-state index contributed by atoms with van der Waals surface area (Å²) in [6.07, 6.45) is 3.05. The van der Waals surface area contributed by atoms with E-state index in [1.807, 2.05) is 46.5 Å². The number of aromatic nitrogens is 3. The van der Waals surface area contributed by atoms with Gasteiger partial charge in [0.05, 0.1) is 23.9 Å². The Morgan fingerprint density at radius 2 is 2.20 bits per heavy atom. The van der Waals surface area contributed by atoms with Crippen molar-refractivity contribution in [3.63, 3.8) is 0 Å². The third kappa shape index (κ3) is 4.77. The predicted molar refractivity (Wildman–Crippen MR) is 115 cm³/mol. The SMILES string of the molecule is COCCCn1nccc1[C@H]1OCC[C@@H]1C(=O)NCc1csc(-c2ccccc2)n1. The monoisotopic (exact) mass is 426 g/mol. The van der Waals surface area contributed by atoms with Crippen LogP contribution in [-0.4, -0.2) is 41.0 Å². The topological polar surface area (TPSA) is 78.3 Å². The Bertz CT molecular complexity index is 956. The molecule has 7 nitrogen and oxygen atoms in total. The molecular formula is C22H26N4O3S. The quantitative estimate of drug-likeness (QED) is 0.531. The van der Waals surface area contributed by atoms with Gasteiger partial charge in [-0.05, 0) is 18.9 Å². The molecule has 8 heteroatoms. The van der Waals surface area contributed by atoms with Crippen LogP contribution < -0.4 is 5.32 Å². The van der Waals surface area contributed by atoms with E-state index in [2.05, 4.69) is 15.4 Å². The number of methoxy groups -OCH3 is 1. The zero-order chi connectivity index (χ0) is 20.8. The molecule has 0 aliphatic carbocycles. The van der Waals surface area contributed by atoms with Crippen molar-refractivity contribution in [2.75, 3.05) is 20.3 Å². The van der Waals surface area contributed by atoms with Crippen LogP contribution in [0.4, 0.5) is 0 Å². The third-order valence-electron chi connectivity index (χ3n) is 5.20. The maximum absolute atomic E-state index is 12.9. The maximum Gasteiger partial charge on any atom is 0.226 e. The molecule has 0 radical (unpaired) electrons. The van der Waals surface area contributed by atoms with Gasteiger partial charge in [0, 0.05) is 44.0 Å². The normalized spacial score (nSPS) is 18.6. The highest BCUT2D eigenvalue weighted by atomic mass is 32.1. The van der Waals surface area contributed by atoms with Crippen LogP contribution in [0.2, 0.25) is 0 Å². The number of thiazole rings is 1. The van der Waals surface area contributed by atoms with Crippen molar-refractivity contribution >= 4 is 17.2 Å². The number of hydrogen-bond acceptors (Lipinski definition) is 6. The Labute approximate surface area is 180 Å². The summed E-state index contributed by atoms with van der Waals surface area (Å²) in [7, 11) is 1.69. The van der Waals surface area contributed by atoms with Crippen LogP contribution in [0.25, 0.3) is 10.6 Å². The zero-order valence-corrected chi connectivity index (χ0v) is 17.8. The molecule has 2 atom stereocenters. The standard InChI is InChI=1S/C22H26N4O3S/c1-28-12-5-11-26-19(8-10-24-26)20-18(9-13-29-20)21(27)23-14-17-15-30-22(25-17)16-6-3-2-4-7-16/h2-4,6-8,10,15,18,20H,5,9,11-14H2,1H3,(H,23,27)/t18-,20-/m0/s1. The average Bonchev–Trinajstić information content (AvgIpc) is 3.53. The average molecular weight is 427 g/mol. The van der Waals surface area contributed by atoms with Crippen LogP contribution in [0.3, 0.4) is 0 Å². The molecule has 0 spiro atoms. The Balaban J connectivity index is 1.37. The lowest BCUT2D eigenvalue weighted by Crippen LogP contribution is -2.32. The number of rotatable bonds is 9. The van der Waals surface area contributed by atoms with Gasteiger partial charge in [-0.3, -0.25) is 9.48 Å². The first-order chi connectivity index (χ1) is 14.8. The van der Waals surface area contributed by atoms with Crippen molar-refractivity contribution in [3.05, 3.63) is 59.4 Å². The molecule has 0 bridgehead atoms. The Morgan fingerprint density at radius 3 is 3.03 bits per heavy atom. The lowest BCUT2D eigenvalue weighted by Gasteiger charge is -2.19. The number of carbonyl (C=O) groups is 1. The summed E-state index contributed by atoms with van der Waals surface area (Å²) >= 11 is 1.59. The molecule has 2 aromatic heterocycles. The fourth-order valence-electron chi connectivity index (χ4n) is 3.69. The van der Waals surface area contributed by atoms with E-state index in [1.165, 1.54) is 0 Å². The molecule has 3 heterocycles. The summed E-state index contributed by atoms with van der Waals surface area (Å²) in [5.41, 5.74) is 2.90. The first-order valence-corrected chi connectivity index (χ1v) is 11.0. The third-order valence-corrected chi connectivity index (χ3v) is 6.14. The van der Waals surface area contributed by atoms with Gasteiger partial charge in [0.15, 0.2) is 0 Å². The van der Waals surface area contributed by atoms with E-state index in [9.17, 15) is 4.79 Å². The molecular weight excluding hydrogens is 400 g/mol. The number of ether oxygens (including phenoxy) is 2. The maximum atomic E-state index is 12.9. The minimum Gasteiger partial charge on any atom is -0.385 e. The van der Waals surface area contributed by atoms with Gasteiger partial charge >= 0.3 is 0 Å². The molecule has 30 heavy (non-hydrogen) atoms. The number of nitrogens with one attached hydrogen (secondary N) is 1. The summed E-state index contributed by atoms with van der Waals surface area (Å²) < 4.78 is 13.0. The molecule has 1 aromatic carbocycles. The lowest BCUT2D eigenvalue weighted by molar-refractivity contribution is -0.127. The fourth-order valence-corrected chi connectivity index (χ4v) is 4.52. The van der Waals surface area contributed by atoms with Crippen molar-refractivity contribution in [2.24, 2.45) is 5.92 Å². The van der Waals surface area contributed by atoms with Crippen LogP contribution in [-0.2, 0) is 27.4 Å². The largest absolute Gasteiger partial charge is 0.385 e. The minimum atomic E-state index is -0.273. The molecule has 158 valence electrons. The highest BCUT2D eigenvalue weighted by molar-refractivity contribution is 7.13. The van der Waals surface area contributed by atoms with Crippen LogP contribution in [0.5, 0.6) is 0 Å². The first-order valence-electron chi connectivity index (χ1n) is 10.2. The van der Waals surface area contributed by atoms with Gasteiger partial charge in [-0.2, -0.15) is 5.10 Å². The summed E-state index contributed by atoms with van der Waals surface area (Å²) in [6.45, 7) is 2.40. The van der Waals surface area contributed by atoms with Gasteiger partial charge in [0.1, 0.15) is 11.1 Å². The van der Waals surface area contributed by atoms with Crippen molar-refractivity contribution in [3.8, 4) is 10.6 Å². The van der Waals surface area contributed by atoms with E-state index in [4.69, 9.17) is 9.47 Å². The molecule has 0 unspecified atom stereocenters. The zero-order valence-electron chi connectivity index (χ0n) is 17.0. The Kier molecular flexibility index (Phi) is 6.88. The molecule has 1 aliphatic rings. The smallest absolute Gasteiger partial charge is 0.226 e. The van der Waals surface area contributed by atoms with Gasteiger partial charge in [0.2, 0.25) is 5.91 Å². The molecule has 3 aromatic rings. The van der Waals surface area contributed by atoms with Crippen LogP contribution in [0.15, 0.2) is 48.0 Å². The minimum absolute atomic E-state index is 0.00333. The van der Waals surface area contributed by atoms with E-state index in [-0.39, 0.29) is 17.9 Å². The second-order valence-corrected chi connectivity index (χ2v) is 8.10. The number of hydrogen-bond donors (Lipinski definition) is 1. The van der Waals surface area contributed by atoms with E-state index in [1.54, 1.807) is 24.6 Å². The summed E-state index contributed by atoms with van der Waals surface area (Å²) in [4.78, 5) is 17.6. The summed E-state index contributed by atoms with van der Waals surface area (Å²) in [6, 6.07) is 12.0. The highest BCUT2D eigenvalue weighted by Crippen LogP contribution is 2.34. The molecule has 0 saturated carbocycles. The van der Waals surface area contributed by atoms with E-state index in [0.29, 0.717) is 26.2 Å². The molecule has 1 N–H and O–H groups in total. The van der Waals surface area contributed by atoms with Crippen LogP contribution in [0, 0.1) is 5.92 Å². The fraction of sp³-hybridized carbons (Fsp3) is 0.409. The Morgan fingerprint density at radius 1 is 1.33 bits per heavy atom. The summed E-state index contributed by atoms with van der Waals surface area (Å²) in [5, 5.41) is 10.4. The van der Waals surface area contributed by atoms with E-state index >= 15 is 0 Å². The number of amides is 1. The number of benzene rings is 1. The van der Waals surface area contributed by atoms with Crippen molar-refractivity contribution in [2.45, 2.75) is 32.0 Å². The van der Waals surface area contributed by atoms with Gasteiger partial charge in [-0.1, -0.05) is 30.3 Å². The second kappa shape index (κ2) is 9.97. The molecule has 1 amide bonds. The molecule has 1 aliphatic heterocycles. The second-order valence-electron chi connectivity index (χ2n) is 7.24. The van der Waals surface area contributed by atoms with Crippen molar-refractivity contribution in [1.82, 2.24) is 20.1 Å². The van der Waals surface area contributed by atoms with Gasteiger partial charge < -0.3 is 14.8 Å².